The van der Waals surface area contributed by atoms with E-state index < -0.39 is 0 Å². The first kappa shape index (κ1) is 8.93. The minimum absolute atomic E-state index is 0.777. The molecule has 12 heavy (non-hydrogen) atoms. The van der Waals surface area contributed by atoms with E-state index in [2.05, 4.69) is 27.5 Å². The van der Waals surface area contributed by atoms with Crippen LogP contribution in [0.15, 0.2) is 12.4 Å². The first-order valence-corrected chi connectivity index (χ1v) is 4.06. The van der Waals surface area contributed by atoms with Crippen molar-refractivity contribution in [1.82, 2.24) is 15.3 Å². The van der Waals surface area contributed by atoms with Gasteiger partial charge in [-0.15, -0.1) is 0 Å². The Morgan fingerprint density at radius 3 is 2.92 bits per heavy atom. The monoisotopic (exact) mass is 166 g/mol. The first-order valence-electron chi connectivity index (χ1n) is 4.06. The van der Waals surface area contributed by atoms with Crippen molar-refractivity contribution in [3.8, 4) is 0 Å². The van der Waals surface area contributed by atoms with Crippen LogP contribution < -0.4 is 10.6 Å². The first-order chi connectivity index (χ1) is 5.86. The van der Waals surface area contributed by atoms with Crippen molar-refractivity contribution in [2.75, 3.05) is 18.9 Å². The fourth-order valence-corrected chi connectivity index (χ4v) is 0.865. The van der Waals surface area contributed by atoms with Gasteiger partial charge in [0, 0.05) is 19.8 Å². The van der Waals surface area contributed by atoms with Crippen LogP contribution in [0.4, 0.5) is 5.82 Å². The van der Waals surface area contributed by atoms with Gasteiger partial charge >= 0.3 is 0 Å². The maximum absolute atomic E-state index is 4.29. The number of nitrogens with one attached hydrogen (secondary N) is 2. The molecular weight excluding hydrogens is 152 g/mol. The molecule has 0 spiro atoms. The third-order valence-corrected chi connectivity index (χ3v) is 1.50. The summed E-state index contributed by atoms with van der Waals surface area (Å²) < 4.78 is 0. The van der Waals surface area contributed by atoms with Crippen molar-refractivity contribution in [1.29, 1.82) is 0 Å². The van der Waals surface area contributed by atoms with Gasteiger partial charge in [0.15, 0.2) is 0 Å². The summed E-state index contributed by atoms with van der Waals surface area (Å²) in [5.41, 5.74) is 0.962. The van der Waals surface area contributed by atoms with Gasteiger partial charge in [-0.2, -0.15) is 0 Å². The zero-order valence-electron chi connectivity index (χ0n) is 7.46. The van der Waals surface area contributed by atoms with Crippen LogP contribution in [0.1, 0.15) is 12.6 Å². The van der Waals surface area contributed by atoms with Crippen LogP contribution in [-0.4, -0.2) is 23.6 Å². The Bertz CT molecular complexity index is 236. The van der Waals surface area contributed by atoms with E-state index in [4.69, 9.17) is 0 Å². The van der Waals surface area contributed by atoms with Gasteiger partial charge in [0.25, 0.3) is 0 Å². The third-order valence-electron chi connectivity index (χ3n) is 1.50. The Morgan fingerprint density at radius 2 is 2.25 bits per heavy atom. The molecule has 0 saturated carbocycles. The average Bonchev–Trinajstić information content (AvgIpc) is 2.15. The lowest BCUT2D eigenvalue weighted by molar-refractivity contribution is 0.708. The summed E-state index contributed by atoms with van der Waals surface area (Å²) in [7, 11) is 1.83. The molecule has 0 atom stereocenters. The molecule has 0 unspecified atom stereocenters. The van der Waals surface area contributed by atoms with Crippen molar-refractivity contribution >= 4 is 5.82 Å². The third kappa shape index (κ3) is 2.47. The summed E-state index contributed by atoms with van der Waals surface area (Å²) in [6.45, 7) is 3.79. The summed E-state index contributed by atoms with van der Waals surface area (Å²) in [4.78, 5) is 8.34. The van der Waals surface area contributed by atoms with E-state index in [0.717, 1.165) is 24.6 Å². The minimum atomic E-state index is 0.777. The van der Waals surface area contributed by atoms with Crippen LogP contribution in [0.5, 0.6) is 0 Å². The normalized spacial score (nSPS) is 9.83. The van der Waals surface area contributed by atoms with Crippen molar-refractivity contribution in [3.63, 3.8) is 0 Å². The molecule has 0 aliphatic heterocycles. The Morgan fingerprint density at radius 1 is 1.42 bits per heavy atom. The number of rotatable bonds is 4. The molecule has 0 saturated heterocycles. The highest BCUT2D eigenvalue weighted by Crippen LogP contribution is 1.99. The van der Waals surface area contributed by atoms with Gasteiger partial charge in [-0.3, -0.25) is 4.98 Å². The second-order valence-electron chi connectivity index (χ2n) is 2.43. The molecule has 1 heterocycles. The van der Waals surface area contributed by atoms with Gasteiger partial charge in [-0.1, -0.05) is 6.92 Å². The summed E-state index contributed by atoms with van der Waals surface area (Å²) in [5.74, 6) is 0.811. The van der Waals surface area contributed by atoms with E-state index in [1.54, 1.807) is 12.4 Å². The molecule has 2 N–H and O–H groups in total. The highest BCUT2D eigenvalue weighted by atomic mass is 15.0. The number of anilines is 1. The van der Waals surface area contributed by atoms with Gasteiger partial charge in [-0.25, -0.2) is 4.98 Å². The van der Waals surface area contributed by atoms with E-state index in [9.17, 15) is 0 Å². The van der Waals surface area contributed by atoms with E-state index in [1.807, 2.05) is 7.05 Å². The molecule has 4 heteroatoms. The molecule has 66 valence electrons. The molecule has 0 aromatic carbocycles. The molecule has 1 aromatic rings. The van der Waals surface area contributed by atoms with Gasteiger partial charge in [0.1, 0.15) is 5.82 Å². The summed E-state index contributed by atoms with van der Waals surface area (Å²) >= 11 is 0. The van der Waals surface area contributed by atoms with Crippen LogP contribution >= 0.6 is 0 Å². The molecule has 1 aromatic heterocycles. The lowest BCUT2D eigenvalue weighted by Gasteiger charge is -2.02. The van der Waals surface area contributed by atoms with Crippen molar-refractivity contribution < 1.29 is 0 Å². The van der Waals surface area contributed by atoms with E-state index in [-0.39, 0.29) is 0 Å². The Labute approximate surface area is 72.4 Å². The zero-order chi connectivity index (χ0) is 8.81. The molecule has 0 aliphatic carbocycles. The van der Waals surface area contributed by atoms with Crippen LogP contribution in [0, 0.1) is 0 Å². The molecule has 1 rings (SSSR count). The predicted octanol–water partition coefficient (Wildman–Crippen LogP) is 0.628. The minimum Gasteiger partial charge on any atom is -0.372 e. The fraction of sp³-hybridized carbons (Fsp3) is 0.500. The van der Waals surface area contributed by atoms with Gasteiger partial charge in [0.05, 0.1) is 11.9 Å². The Kier molecular flexibility index (Phi) is 3.47. The lowest BCUT2D eigenvalue weighted by atomic mass is 10.4. The highest BCUT2D eigenvalue weighted by Gasteiger charge is 1.94. The van der Waals surface area contributed by atoms with Gasteiger partial charge in [0.2, 0.25) is 0 Å². The second kappa shape index (κ2) is 4.66. The average molecular weight is 166 g/mol. The molecule has 0 amide bonds. The quantitative estimate of drug-likeness (QED) is 0.688. The maximum atomic E-state index is 4.29. The Balaban J connectivity index is 2.60. The molecule has 0 aliphatic rings. The molecular formula is C8H14N4. The van der Waals surface area contributed by atoms with E-state index in [1.165, 1.54) is 0 Å². The number of hydrogen-bond donors (Lipinski definition) is 2. The van der Waals surface area contributed by atoms with Gasteiger partial charge < -0.3 is 10.6 Å². The summed E-state index contributed by atoms with van der Waals surface area (Å²) in [6, 6.07) is 0. The smallest absolute Gasteiger partial charge is 0.144 e. The van der Waals surface area contributed by atoms with Gasteiger partial charge in [-0.05, 0) is 6.54 Å². The fourth-order valence-electron chi connectivity index (χ4n) is 0.865. The van der Waals surface area contributed by atoms with E-state index in [0.29, 0.717) is 0 Å². The predicted molar refractivity (Wildman–Crippen MR) is 49.0 cm³/mol. The van der Waals surface area contributed by atoms with Crippen molar-refractivity contribution in [2.45, 2.75) is 13.5 Å². The number of hydrogen-bond acceptors (Lipinski definition) is 4. The lowest BCUT2D eigenvalue weighted by Crippen LogP contribution is -2.13. The maximum Gasteiger partial charge on any atom is 0.144 e. The van der Waals surface area contributed by atoms with Crippen molar-refractivity contribution in [2.24, 2.45) is 0 Å². The second-order valence-corrected chi connectivity index (χ2v) is 2.43. The van der Waals surface area contributed by atoms with Crippen LogP contribution in [0.25, 0.3) is 0 Å². The van der Waals surface area contributed by atoms with Crippen LogP contribution in [0.2, 0.25) is 0 Å². The standard InChI is InChI=1S/C8H14N4/c1-3-10-4-7-5-11-6-8(9-2)12-7/h5-6,10H,3-4H2,1-2H3,(H,9,12). The molecule has 0 fully saturated rings. The largest absolute Gasteiger partial charge is 0.372 e. The van der Waals surface area contributed by atoms with Crippen molar-refractivity contribution in [3.05, 3.63) is 18.1 Å². The molecule has 0 bridgehead atoms. The topological polar surface area (TPSA) is 49.8 Å². The summed E-state index contributed by atoms with van der Waals surface area (Å²) in [5, 5.41) is 6.13. The number of nitrogens with zero attached hydrogens (tertiary/aromatic N) is 2. The van der Waals surface area contributed by atoms with Crippen LogP contribution in [-0.2, 0) is 6.54 Å². The number of aromatic nitrogens is 2. The molecule has 0 radical (unpaired) electrons. The van der Waals surface area contributed by atoms with Crippen LogP contribution in [0.3, 0.4) is 0 Å². The highest BCUT2D eigenvalue weighted by molar-refractivity contribution is 5.30. The van der Waals surface area contributed by atoms with E-state index >= 15 is 0 Å². The SMILES string of the molecule is CCNCc1cncc(NC)n1. The Hall–Kier alpha value is -1.16. The summed E-state index contributed by atoms with van der Waals surface area (Å²) in [6.07, 6.45) is 3.47. The molecule has 4 nitrogen and oxygen atoms in total. The zero-order valence-corrected chi connectivity index (χ0v) is 7.46.